The molecule has 0 radical (unpaired) electrons. The first-order valence-corrected chi connectivity index (χ1v) is 9.30. The van der Waals surface area contributed by atoms with Gasteiger partial charge in [0, 0.05) is 37.8 Å². The summed E-state index contributed by atoms with van der Waals surface area (Å²) in [6.07, 6.45) is 2.28. The van der Waals surface area contributed by atoms with Crippen molar-refractivity contribution in [1.29, 1.82) is 0 Å². The Balaban J connectivity index is 1.39. The van der Waals surface area contributed by atoms with Crippen molar-refractivity contribution in [2.24, 2.45) is 4.99 Å². The molecule has 24 heavy (non-hydrogen) atoms. The van der Waals surface area contributed by atoms with Crippen molar-refractivity contribution >= 4 is 22.8 Å². The number of thioether (sulfide) groups is 1. The average Bonchev–Trinajstić information content (AvgIpc) is 3.23. The molecule has 4 rings (SSSR count). The fraction of sp³-hybridized carbons (Fsp3) is 0.444. The molecule has 0 N–H and O–H groups in total. The molecule has 4 nitrogen and oxygen atoms in total. The molecule has 0 aliphatic carbocycles. The lowest BCUT2D eigenvalue weighted by Gasteiger charge is -2.26. The van der Waals surface area contributed by atoms with E-state index < -0.39 is 0 Å². The minimum atomic E-state index is -0.166. The van der Waals surface area contributed by atoms with E-state index in [1.165, 1.54) is 6.07 Å². The third kappa shape index (κ3) is 2.95. The van der Waals surface area contributed by atoms with Gasteiger partial charge >= 0.3 is 0 Å². The van der Waals surface area contributed by atoms with Crippen LogP contribution in [0.15, 0.2) is 40.4 Å². The number of amidine groups is 1. The second-order valence-electron chi connectivity index (χ2n) is 6.42. The van der Waals surface area contributed by atoms with Crippen molar-refractivity contribution in [3.05, 3.63) is 46.8 Å². The topological polar surface area (TPSA) is 35.9 Å². The van der Waals surface area contributed by atoms with E-state index in [2.05, 4.69) is 9.89 Å². The summed E-state index contributed by atoms with van der Waals surface area (Å²) in [5, 5.41) is 3.07. The SMILES string of the molecule is O=C(CC1=CSC2=NCCCN12)N1CC[C@@H](c2ccccc2F)C1. The number of hydrogen-bond donors (Lipinski definition) is 0. The summed E-state index contributed by atoms with van der Waals surface area (Å²) in [4.78, 5) is 21.2. The maximum absolute atomic E-state index is 13.9. The smallest absolute Gasteiger partial charge is 0.228 e. The van der Waals surface area contributed by atoms with E-state index in [1.54, 1.807) is 17.8 Å². The third-order valence-electron chi connectivity index (χ3n) is 4.88. The molecule has 1 saturated heterocycles. The zero-order valence-electron chi connectivity index (χ0n) is 13.4. The van der Waals surface area contributed by atoms with E-state index >= 15 is 0 Å². The molecule has 3 aliphatic rings. The second-order valence-corrected chi connectivity index (χ2v) is 7.26. The normalized spacial score (nSPS) is 23.1. The van der Waals surface area contributed by atoms with Crippen molar-refractivity contribution in [2.75, 3.05) is 26.2 Å². The molecular weight excluding hydrogens is 325 g/mol. The van der Waals surface area contributed by atoms with Crippen LogP contribution < -0.4 is 0 Å². The molecule has 0 saturated carbocycles. The number of halogens is 1. The zero-order valence-corrected chi connectivity index (χ0v) is 14.3. The van der Waals surface area contributed by atoms with Crippen LogP contribution in [0.25, 0.3) is 0 Å². The lowest BCUT2D eigenvalue weighted by molar-refractivity contribution is -0.129. The van der Waals surface area contributed by atoms with Crippen LogP contribution in [-0.4, -0.2) is 47.1 Å². The van der Waals surface area contributed by atoms with Gasteiger partial charge in [-0.3, -0.25) is 9.79 Å². The minimum absolute atomic E-state index is 0.106. The Kier molecular flexibility index (Phi) is 4.31. The molecule has 1 fully saturated rings. The van der Waals surface area contributed by atoms with E-state index in [0.717, 1.165) is 42.4 Å². The highest BCUT2D eigenvalue weighted by Gasteiger charge is 2.32. The fourth-order valence-corrected chi connectivity index (χ4v) is 4.54. The van der Waals surface area contributed by atoms with Crippen LogP contribution in [-0.2, 0) is 4.79 Å². The number of fused-ring (bicyclic) bond motifs is 1. The molecule has 0 spiro atoms. The summed E-state index contributed by atoms with van der Waals surface area (Å²) >= 11 is 1.61. The van der Waals surface area contributed by atoms with Crippen LogP contribution in [0, 0.1) is 5.82 Å². The molecule has 0 unspecified atom stereocenters. The van der Waals surface area contributed by atoms with Crippen LogP contribution in [0.2, 0.25) is 0 Å². The molecule has 126 valence electrons. The number of likely N-dealkylation sites (tertiary alicyclic amines) is 1. The molecular formula is C18H20FN3OS. The van der Waals surface area contributed by atoms with E-state index in [9.17, 15) is 9.18 Å². The van der Waals surface area contributed by atoms with Crippen LogP contribution in [0.1, 0.15) is 30.7 Å². The number of amides is 1. The van der Waals surface area contributed by atoms with Gasteiger partial charge in [0.1, 0.15) is 5.82 Å². The van der Waals surface area contributed by atoms with E-state index in [1.807, 2.05) is 22.4 Å². The van der Waals surface area contributed by atoms with Gasteiger partial charge in [-0.1, -0.05) is 30.0 Å². The summed E-state index contributed by atoms with van der Waals surface area (Å²) in [5.41, 5.74) is 1.78. The summed E-state index contributed by atoms with van der Waals surface area (Å²) in [5.74, 6) is 0.0718. The first-order valence-electron chi connectivity index (χ1n) is 8.42. The molecule has 1 amide bonds. The maximum atomic E-state index is 13.9. The van der Waals surface area contributed by atoms with Gasteiger partial charge in [0.15, 0.2) is 5.17 Å². The van der Waals surface area contributed by atoms with Crippen LogP contribution in [0.4, 0.5) is 4.39 Å². The third-order valence-corrected chi connectivity index (χ3v) is 5.83. The Labute approximate surface area is 145 Å². The number of aliphatic imine (C=N–C) groups is 1. The molecule has 1 atom stereocenters. The molecule has 0 bridgehead atoms. The number of nitrogens with zero attached hydrogens (tertiary/aromatic N) is 3. The monoisotopic (exact) mass is 345 g/mol. The average molecular weight is 345 g/mol. The molecule has 3 aliphatic heterocycles. The highest BCUT2D eigenvalue weighted by Crippen LogP contribution is 2.33. The van der Waals surface area contributed by atoms with Crippen LogP contribution in [0.3, 0.4) is 0 Å². The zero-order chi connectivity index (χ0) is 16.5. The lowest BCUT2D eigenvalue weighted by Crippen LogP contribution is -2.34. The van der Waals surface area contributed by atoms with Gasteiger partial charge in [-0.05, 0) is 29.9 Å². The summed E-state index contributed by atoms with van der Waals surface area (Å²) in [6.45, 7) is 3.15. The van der Waals surface area contributed by atoms with E-state index in [-0.39, 0.29) is 17.6 Å². The number of carbonyl (C=O) groups excluding carboxylic acids is 1. The number of rotatable bonds is 3. The Morgan fingerprint density at radius 2 is 2.21 bits per heavy atom. The molecule has 1 aromatic rings. The molecule has 0 aromatic heterocycles. The van der Waals surface area contributed by atoms with Crippen molar-refractivity contribution < 1.29 is 9.18 Å². The van der Waals surface area contributed by atoms with Gasteiger partial charge in [0.25, 0.3) is 0 Å². The highest BCUT2D eigenvalue weighted by atomic mass is 32.2. The summed E-state index contributed by atoms with van der Waals surface area (Å²) in [6, 6.07) is 6.90. The summed E-state index contributed by atoms with van der Waals surface area (Å²) in [7, 11) is 0. The lowest BCUT2D eigenvalue weighted by atomic mass is 9.98. The second kappa shape index (κ2) is 6.59. The van der Waals surface area contributed by atoms with Gasteiger partial charge in [-0.15, -0.1) is 0 Å². The Morgan fingerprint density at radius 3 is 3.08 bits per heavy atom. The van der Waals surface area contributed by atoms with Gasteiger partial charge in [-0.2, -0.15) is 0 Å². The Morgan fingerprint density at radius 1 is 1.33 bits per heavy atom. The fourth-order valence-electron chi connectivity index (χ4n) is 3.59. The Hall–Kier alpha value is -1.82. The van der Waals surface area contributed by atoms with Crippen molar-refractivity contribution in [3.8, 4) is 0 Å². The quantitative estimate of drug-likeness (QED) is 0.844. The molecule has 3 heterocycles. The van der Waals surface area contributed by atoms with Crippen LogP contribution >= 0.6 is 11.8 Å². The minimum Gasteiger partial charge on any atom is -0.342 e. The largest absolute Gasteiger partial charge is 0.342 e. The Bertz CT molecular complexity index is 718. The summed E-state index contributed by atoms with van der Waals surface area (Å²) < 4.78 is 13.9. The van der Waals surface area contributed by atoms with Gasteiger partial charge < -0.3 is 9.80 Å². The van der Waals surface area contributed by atoms with Crippen molar-refractivity contribution in [2.45, 2.75) is 25.2 Å². The van der Waals surface area contributed by atoms with Gasteiger partial charge in [0.2, 0.25) is 5.91 Å². The maximum Gasteiger partial charge on any atom is 0.228 e. The molecule has 6 heteroatoms. The number of hydrogen-bond acceptors (Lipinski definition) is 4. The van der Waals surface area contributed by atoms with E-state index in [0.29, 0.717) is 19.5 Å². The van der Waals surface area contributed by atoms with Gasteiger partial charge in [-0.25, -0.2) is 4.39 Å². The standard InChI is InChI=1S/C18H20FN3OS/c19-16-5-2-1-4-15(16)13-6-9-21(11-13)17(23)10-14-12-24-18-20-7-3-8-22(14)18/h1-2,4-5,12-13H,3,6-11H2/t13-/m1/s1. The van der Waals surface area contributed by atoms with Crippen molar-refractivity contribution in [1.82, 2.24) is 9.80 Å². The first-order chi connectivity index (χ1) is 11.7. The predicted octanol–water partition coefficient (Wildman–Crippen LogP) is 3.18. The number of carbonyl (C=O) groups is 1. The van der Waals surface area contributed by atoms with E-state index in [4.69, 9.17) is 0 Å². The van der Waals surface area contributed by atoms with Crippen LogP contribution in [0.5, 0.6) is 0 Å². The van der Waals surface area contributed by atoms with Crippen molar-refractivity contribution in [3.63, 3.8) is 0 Å². The molecule has 1 aromatic carbocycles. The van der Waals surface area contributed by atoms with Gasteiger partial charge in [0.05, 0.1) is 6.42 Å². The number of benzene rings is 1. The predicted molar refractivity (Wildman–Crippen MR) is 94.3 cm³/mol. The first kappa shape index (κ1) is 15.7. The highest BCUT2D eigenvalue weighted by molar-refractivity contribution is 8.16.